The Morgan fingerprint density at radius 2 is 1.96 bits per heavy atom. The van der Waals surface area contributed by atoms with Gasteiger partial charge in [-0.1, -0.05) is 0 Å². The van der Waals surface area contributed by atoms with Crippen molar-refractivity contribution in [1.29, 1.82) is 0 Å². The van der Waals surface area contributed by atoms with Crippen molar-refractivity contribution in [2.45, 2.75) is 19.4 Å². The van der Waals surface area contributed by atoms with Gasteiger partial charge in [-0.15, -0.1) is 0 Å². The molecule has 3 aromatic rings. The molecule has 0 fully saturated rings. The molecule has 24 heavy (non-hydrogen) atoms. The van der Waals surface area contributed by atoms with Crippen LogP contribution in [0.2, 0.25) is 0 Å². The van der Waals surface area contributed by atoms with E-state index < -0.39 is 5.60 Å². The second-order valence-corrected chi connectivity index (χ2v) is 6.09. The van der Waals surface area contributed by atoms with Gasteiger partial charge in [0.25, 0.3) is 5.56 Å². The average molecular weight is 325 g/mol. The summed E-state index contributed by atoms with van der Waals surface area (Å²) in [5.74, 6) is 0.892. The van der Waals surface area contributed by atoms with Crippen LogP contribution in [0.3, 0.4) is 0 Å². The quantitative estimate of drug-likeness (QED) is 0.720. The Kier molecular flexibility index (Phi) is 2.99. The minimum atomic E-state index is -0.588. The molecule has 0 amide bonds. The van der Waals surface area contributed by atoms with Gasteiger partial charge in [0.05, 0.1) is 12.8 Å². The van der Waals surface area contributed by atoms with Gasteiger partial charge in [-0.05, 0) is 48.4 Å². The van der Waals surface area contributed by atoms with Gasteiger partial charge in [-0.2, -0.15) is 0 Å². The smallest absolute Gasteiger partial charge is 0.297 e. The Morgan fingerprint density at radius 1 is 1.21 bits per heavy atom. The average Bonchev–Trinajstić information content (AvgIpc) is 2.99. The number of fused-ring (bicyclic) bond motifs is 2. The molecule has 2 aromatic heterocycles. The maximum atomic E-state index is 12.6. The largest absolute Gasteiger partial charge is 0.491 e. The number of aromatic nitrogens is 3. The summed E-state index contributed by atoms with van der Waals surface area (Å²) in [6, 6.07) is 6.96. The molecule has 1 aromatic carbocycles. The van der Waals surface area contributed by atoms with E-state index in [0.29, 0.717) is 22.5 Å². The van der Waals surface area contributed by atoms with Gasteiger partial charge >= 0.3 is 0 Å². The molecule has 0 bridgehead atoms. The number of benzene rings is 1. The lowest BCUT2D eigenvalue weighted by molar-refractivity contribution is 0.157. The molecule has 1 aliphatic heterocycles. The van der Waals surface area contributed by atoms with Gasteiger partial charge in [-0.3, -0.25) is 9.36 Å². The molecule has 0 aliphatic carbocycles. The van der Waals surface area contributed by atoms with Crippen LogP contribution in [0.25, 0.3) is 16.7 Å². The summed E-state index contributed by atoms with van der Waals surface area (Å²) in [6.07, 6.45) is 3.60. The fourth-order valence-electron chi connectivity index (χ4n) is 2.84. The van der Waals surface area contributed by atoms with Crippen LogP contribution in [0.4, 0.5) is 0 Å². The Bertz CT molecular complexity index is 1030. The number of hydrogen-bond donors (Lipinski definition) is 0. The van der Waals surface area contributed by atoms with Crippen molar-refractivity contribution < 1.29 is 14.1 Å². The maximum Gasteiger partial charge on any atom is 0.297 e. The highest BCUT2D eigenvalue weighted by atomic mass is 16.6. The highest BCUT2D eigenvalue weighted by Crippen LogP contribution is 2.38. The van der Waals surface area contributed by atoms with Crippen molar-refractivity contribution in [1.82, 2.24) is 14.9 Å². The monoisotopic (exact) mass is 325 g/mol. The third kappa shape index (κ3) is 2.17. The van der Waals surface area contributed by atoms with E-state index in [1.165, 1.54) is 7.11 Å². The molecule has 7 nitrogen and oxygen atoms in total. The van der Waals surface area contributed by atoms with E-state index >= 15 is 0 Å². The van der Waals surface area contributed by atoms with Crippen molar-refractivity contribution in [3.63, 3.8) is 0 Å². The van der Waals surface area contributed by atoms with Gasteiger partial charge in [0, 0.05) is 17.8 Å². The molecule has 0 atom stereocenters. The molecule has 1 aliphatic rings. The Hall–Kier alpha value is -3.09. The molecule has 0 saturated carbocycles. The Labute approximate surface area is 137 Å². The lowest BCUT2D eigenvalue weighted by Crippen LogP contribution is -2.32. The second-order valence-electron chi connectivity index (χ2n) is 6.09. The number of rotatable bonds is 2. The first-order chi connectivity index (χ1) is 11.5. The highest BCUT2D eigenvalue weighted by Gasteiger charge is 2.29. The van der Waals surface area contributed by atoms with E-state index in [-0.39, 0.29) is 11.3 Å². The van der Waals surface area contributed by atoms with E-state index in [1.54, 1.807) is 35.0 Å². The van der Waals surface area contributed by atoms with Gasteiger partial charge in [-0.25, -0.2) is 4.63 Å². The van der Waals surface area contributed by atoms with Crippen LogP contribution in [0.5, 0.6) is 11.5 Å². The van der Waals surface area contributed by atoms with E-state index in [9.17, 15) is 4.79 Å². The summed E-state index contributed by atoms with van der Waals surface area (Å²) < 4.78 is 17.5. The van der Waals surface area contributed by atoms with Gasteiger partial charge in [0.15, 0.2) is 5.75 Å². The minimum absolute atomic E-state index is 0.242. The number of pyridine rings is 1. The maximum absolute atomic E-state index is 12.6. The molecule has 4 rings (SSSR count). The van der Waals surface area contributed by atoms with Crippen molar-refractivity contribution in [3.8, 4) is 11.5 Å². The third-order valence-electron chi connectivity index (χ3n) is 3.88. The van der Waals surface area contributed by atoms with Gasteiger partial charge in [0.1, 0.15) is 22.4 Å². The van der Waals surface area contributed by atoms with Crippen LogP contribution in [-0.4, -0.2) is 27.6 Å². The van der Waals surface area contributed by atoms with Crippen molar-refractivity contribution in [3.05, 3.63) is 52.5 Å². The summed E-state index contributed by atoms with van der Waals surface area (Å²) in [5, 5.41) is 7.71. The molecule has 0 unspecified atom stereocenters. The lowest BCUT2D eigenvalue weighted by Gasteiger charge is -2.31. The number of ether oxygens (including phenoxy) is 2. The zero-order valence-corrected chi connectivity index (χ0v) is 13.4. The topological polar surface area (TPSA) is 79.4 Å². The van der Waals surface area contributed by atoms with Crippen LogP contribution in [-0.2, 0) is 0 Å². The number of nitrogens with zero attached hydrogens (tertiary/aromatic N) is 3. The predicted molar refractivity (Wildman–Crippen MR) is 87.1 cm³/mol. The zero-order valence-electron chi connectivity index (χ0n) is 13.4. The molecule has 0 saturated heterocycles. The molecular weight excluding hydrogens is 310 g/mol. The summed E-state index contributed by atoms with van der Waals surface area (Å²) in [7, 11) is 1.47. The minimum Gasteiger partial charge on any atom is -0.491 e. The Balaban J connectivity index is 2.01. The van der Waals surface area contributed by atoms with Crippen molar-refractivity contribution in [2.24, 2.45) is 0 Å². The molecule has 0 spiro atoms. The molecule has 7 heteroatoms. The Morgan fingerprint density at radius 3 is 2.71 bits per heavy atom. The zero-order chi connectivity index (χ0) is 16.9. The molecule has 122 valence electrons. The van der Waals surface area contributed by atoms with Crippen LogP contribution < -0.4 is 15.0 Å². The van der Waals surface area contributed by atoms with Crippen molar-refractivity contribution >= 4 is 16.7 Å². The summed E-state index contributed by atoms with van der Waals surface area (Å²) in [4.78, 5) is 12.6. The fourth-order valence-corrected chi connectivity index (χ4v) is 2.84. The van der Waals surface area contributed by atoms with Crippen molar-refractivity contribution in [2.75, 3.05) is 7.11 Å². The van der Waals surface area contributed by atoms with E-state index in [1.807, 2.05) is 19.9 Å². The summed E-state index contributed by atoms with van der Waals surface area (Å²) in [6.45, 7) is 3.85. The van der Waals surface area contributed by atoms with E-state index in [0.717, 1.165) is 5.56 Å². The first kappa shape index (κ1) is 14.5. The molecule has 3 heterocycles. The normalized spacial score (nSPS) is 15.5. The molecule has 0 radical (unpaired) electrons. The first-order valence-electron chi connectivity index (χ1n) is 7.43. The van der Waals surface area contributed by atoms with E-state index in [4.69, 9.17) is 14.1 Å². The first-order valence-corrected chi connectivity index (χ1v) is 7.43. The fraction of sp³-hybridized carbons (Fsp3) is 0.235. The standard InChI is InChI=1S/C17H15N3O4/c1-17(2)9-13(20-6-4-5-14(22-3)16(20)21)10-7-11-12(19-24-18-11)8-15(10)23-17/h4-9H,1-3H3. The predicted octanol–water partition coefficient (Wildman–Crippen LogP) is 2.45. The van der Waals surface area contributed by atoms with Crippen LogP contribution >= 0.6 is 0 Å². The van der Waals surface area contributed by atoms with E-state index in [2.05, 4.69) is 10.3 Å². The summed E-state index contributed by atoms with van der Waals surface area (Å²) >= 11 is 0. The van der Waals surface area contributed by atoms with Crippen LogP contribution in [0, 0.1) is 0 Å². The van der Waals surface area contributed by atoms with Gasteiger partial charge in [0.2, 0.25) is 0 Å². The summed E-state index contributed by atoms with van der Waals surface area (Å²) in [5.41, 5.74) is 1.81. The SMILES string of the molecule is COc1cccn(C2=CC(C)(C)Oc3cc4nonc4cc32)c1=O. The molecule has 0 N–H and O–H groups in total. The lowest BCUT2D eigenvalue weighted by atomic mass is 9.98. The van der Waals surface area contributed by atoms with Crippen LogP contribution in [0.15, 0.2) is 46.0 Å². The van der Waals surface area contributed by atoms with Gasteiger partial charge < -0.3 is 9.47 Å². The highest BCUT2D eigenvalue weighted by molar-refractivity contribution is 5.85. The number of hydrogen-bond acceptors (Lipinski definition) is 6. The second kappa shape index (κ2) is 4.95. The molecular formula is C17H15N3O4. The number of methoxy groups -OCH3 is 1. The van der Waals surface area contributed by atoms with Crippen LogP contribution in [0.1, 0.15) is 19.4 Å². The third-order valence-corrected chi connectivity index (χ3v) is 3.88.